The van der Waals surface area contributed by atoms with Gasteiger partial charge in [-0.05, 0) is 31.4 Å². The third kappa shape index (κ3) is 3.83. The molecule has 0 bridgehead atoms. The number of anilines is 1. The molecule has 2 aromatic heterocycles. The van der Waals surface area contributed by atoms with Gasteiger partial charge in [-0.25, -0.2) is 22.8 Å². The minimum Gasteiger partial charge on any atom is -0.367 e. The van der Waals surface area contributed by atoms with E-state index in [1.54, 1.807) is 25.3 Å². The van der Waals surface area contributed by atoms with Gasteiger partial charge in [-0.15, -0.1) is 0 Å². The van der Waals surface area contributed by atoms with Crippen LogP contribution in [-0.4, -0.2) is 26.7 Å². The average molecular weight is 359 g/mol. The van der Waals surface area contributed by atoms with E-state index in [2.05, 4.69) is 15.4 Å². The molecule has 1 aliphatic rings. The van der Waals surface area contributed by atoms with Crippen LogP contribution in [0, 0.1) is 6.92 Å². The Morgan fingerprint density at radius 3 is 2.67 bits per heavy atom. The molecule has 0 amide bonds. The van der Waals surface area contributed by atoms with Crippen LogP contribution in [-0.2, 0) is 6.67 Å². The molecule has 0 unspecified atom stereocenters. The molecule has 0 spiro atoms. The van der Waals surface area contributed by atoms with Crippen molar-refractivity contribution >= 4 is 17.4 Å². The third-order valence-electron chi connectivity index (χ3n) is 4.21. The van der Waals surface area contributed by atoms with E-state index in [0.29, 0.717) is 35.2 Å². The lowest BCUT2D eigenvalue weighted by atomic mass is 9.92. The van der Waals surface area contributed by atoms with Crippen LogP contribution in [0.1, 0.15) is 36.9 Å². The first kappa shape index (κ1) is 17.1. The van der Waals surface area contributed by atoms with Crippen LogP contribution in [0.4, 0.5) is 19.0 Å². The monoisotopic (exact) mass is 358 g/mol. The van der Waals surface area contributed by atoms with E-state index in [1.165, 1.54) is 4.68 Å². The van der Waals surface area contributed by atoms with Gasteiger partial charge in [-0.3, -0.25) is 0 Å². The lowest BCUT2D eigenvalue weighted by Gasteiger charge is -2.29. The Balaban J connectivity index is 1.79. The molecule has 1 fully saturated rings. The second-order valence-electron chi connectivity index (χ2n) is 6.14. The van der Waals surface area contributed by atoms with Gasteiger partial charge in [0, 0.05) is 36.2 Å². The molecule has 1 N–H and O–H groups in total. The molecule has 4 nitrogen and oxygen atoms in total. The zero-order valence-electron chi connectivity index (χ0n) is 13.2. The van der Waals surface area contributed by atoms with E-state index < -0.39 is 12.6 Å². The van der Waals surface area contributed by atoms with Gasteiger partial charge in [0.15, 0.2) is 5.82 Å². The van der Waals surface area contributed by atoms with Crippen LogP contribution >= 0.6 is 11.6 Å². The van der Waals surface area contributed by atoms with Crippen LogP contribution in [0.5, 0.6) is 0 Å². The first-order chi connectivity index (χ1) is 11.4. The maximum atomic E-state index is 13.2. The lowest BCUT2D eigenvalue weighted by molar-refractivity contribution is -0.0361. The van der Waals surface area contributed by atoms with Gasteiger partial charge >= 0.3 is 0 Å². The Morgan fingerprint density at radius 1 is 1.33 bits per heavy atom. The van der Waals surface area contributed by atoms with Crippen LogP contribution in [0.3, 0.4) is 0 Å². The van der Waals surface area contributed by atoms with Crippen molar-refractivity contribution in [1.82, 2.24) is 14.8 Å². The smallest absolute Gasteiger partial charge is 0.248 e. The molecule has 8 heteroatoms. The molecule has 0 aromatic carbocycles. The highest BCUT2D eigenvalue weighted by Gasteiger charge is 2.34. The van der Waals surface area contributed by atoms with Gasteiger partial charge in [0.2, 0.25) is 5.92 Å². The van der Waals surface area contributed by atoms with Crippen molar-refractivity contribution in [1.29, 1.82) is 0 Å². The Kier molecular flexibility index (Phi) is 4.71. The zero-order chi connectivity index (χ0) is 17.3. The van der Waals surface area contributed by atoms with Crippen molar-refractivity contribution in [3.8, 4) is 5.82 Å². The summed E-state index contributed by atoms with van der Waals surface area (Å²) in [4.78, 5) is 4.42. The molecule has 2 aromatic rings. The number of hydrogen-bond donors (Lipinski definition) is 1. The summed E-state index contributed by atoms with van der Waals surface area (Å²) in [6.45, 7) is 1.12. The highest BCUT2D eigenvalue weighted by Crippen LogP contribution is 2.34. The number of rotatable bonds is 4. The number of aromatic nitrogens is 3. The number of pyridine rings is 1. The summed E-state index contributed by atoms with van der Waals surface area (Å²) in [5, 5.41) is 7.74. The number of nitrogens with one attached hydrogen (secondary N) is 1. The predicted molar refractivity (Wildman–Crippen MR) is 86.7 cm³/mol. The first-order valence-corrected chi connectivity index (χ1v) is 8.17. The largest absolute Gasteiger partial charge is 0.367 e. The quantitative estimate of drug-likeness (QED) is 0.862. The van der Waals surface area contributed by atoms with E-state index in [-0.39, 0.29) is 18.9 Å². The summed E-state index contributed by atoms with van der Waals surface area (Å²) in [5.74, 6) is -1.61. The molecule has 0 saturated heterocycles. The highest BCUT2D eigenvalue weighted by molar-refractivity contribution is 6.30. The second kappa shape index (κ2) is 6.63. The molecule has 3 rings (SSSR count). The van der Waals surface area contributed by atoms with Crippen molar-refractivity contribution < 1.29 is 13.2 Å². The molecule has 2 heterocycles. The molecular weight excluding hydrogens is 341 g/mol. The second-order valence-corrected chi connectivity index (χ2v) is 6.58. The SMILES string of the molecule is Cc1cn(-c2cc(Cl)cc(NC3CCC(F)(F)CC3)n2)nc1CF. The Morgan fingerprint density at radius 2 is 2.04 bits per heavy atom. The van der Waals surface area contributed by atoms with Gasteiger partial charge in [0.25, 0.3) is 0 Å². The molecule has 0 radical (unpaired) electrons. The van der Waals surface area contributed by atoms with Crippen LogP contribution < -0.4 is 5.32 Å². The normalized spacial score (nSPS) is 17.9. The minimum atomic E-state index is -2.57. The van der Waals surface area contributed by atoms with Crippen LogP contribution in [0.2, 0.25) is 5.02 Å². The fraction of sp³-hybridized carbons (Fsp3) is 0.500. The van der Waals surface area contributed by atoms with Crippen LogP contribution in [0.15, 0.2) is 18.3 Å². The number of hydrogen-bond acceptors (Lipinski definition) is 3. The van der Waals surface area contributed by atoms with Crippen molar-refractivity contribution in [2.24, 2.45) is 0 Å². The minimum absolute atomic E-state index is 0.0656. The Bertz CT molecular complexity index is 722. The van der Waals surface area contributed by atoms with Crippen molar-refractivity contribution in [2.75, 3.05) is 5.32 Å². The summed E-state index contributed by atoms with van der Waals surface area (Å²) in [7, 11) is 0. The third-order valence-corrected chi connectivity index (χ3v) is 4.42. The zero-order valence-corrected chi connectivity index (χ0v) is 14.0. The maximum absolute atomic E-state index is 13.2. The predicted octanol–water partition coefficient (Wildman–Crippen LogP) is 4.69. The average Bonchev–Trinajstić information content (AvgIpc) is 2.90. The van der Waals surface area contributed by atoms with Crippen molar-refractivity contribution in [3.63, 3.8) is 0 Å². The summed E-state index contributed by atoms with van der Waals surface area (Å²) >= 11 is 6.13. The highest BCUT2D eigenvalue weighted by atomic mass is 35.5. The van der Waals surface area contributed by atoms with E-state index in [9.17, 15) is 13.2 Å². The number of nitrogens with zero attached hydrogens (tertiary/aromatic N) is 3. The number of aryl methyl sites for hydroxylation is 1. The first-order valence-electron chi connectivity index (χ1n) is 7.80. The van der Waals surface area contributed by atoms with E-state index in [0.717, 1.165) is 5.56 Å². The fourth-order valence-corrected chi connectivity index (χ4v) is 3.01. The van der Waals surface area contributed by atoms with E-state index in [4.69, 9.17) is 11.6 Å². The fourth-order valence-electron chi connectivity index (χ4n) is 2.81. The summed E-state index contributed by atoms with van der Waals surface area (Å²) < 4.78 is 40.8. The Hall–Kier alpha value is -1.76. The maximum Gasteiger partial charge on any atom is 0.248 e. The number of alkyl halides is 3. The van der Waals surface area contributed by atoms with E-state index >= 15 is 0 Å². The molecule has 24 heavy (non-hydrogen) atoms. The van der Waals surface area contributed by atoms with Gasteiger partial charge < -0.3 is 5.32 Å². The molecule has 0 aliphatic heterocycles. The topological polar surface area (TPSA) is 42.7 Å². The van der Waals surface area contributed by atoms with Crippen molar-refractivity contribution in [3.05, 3.63) is 34.6 Å². The van der Waals surface area contributed by atoms with E-state index in [1.807, 2.05) is 0 Å². The van der Waals surface area contributed by atoms with Crippen LogP contribution in [0.25, 0.3) is 5.82 Å². The number of halogens is 4. The molecule has 1 aliphatic carbocycles. The van der Waals surface area contributed by atoms with Gasteiger partial charge in [0.1, 0.15) is 12.5 Å². The lowest BCUT2D eigenvalue weighted by Crippen LogP contribution is -2.32. The standard InChI is InChI=1S/C16H18ClF3N4/c1-10-9-24(23-13(10)8-18)15-7-11(17)6-14(22-15)21-12-2-4-16(19,20)5-3-12/h6-7,9,12H,2-5,8H2,1H3,(H,21,22). The summed E-state index contributed by atoms with van der Waals surface area (Å²) in [6, 6.07) is 3.20. The summed E-state index contributed by atoms with van der Waals surface area (Å²) in [6.07, 6.45) is 2.18. The van der Waals surface area contributed by atoms with Gasteiger partial charge in [0.05, 0.1) is 5.69 Å². The molecule has 130 valence electrons. The van der Waals surface area contributed by atoms with Crippen molar-refractivity contribution in [2.45, 2.75) is 51.2 Å². The molecular formula is C16H18ClF3N4. The molecule has 1 saturated carbocycles. The Labute approximate surface area is 143 Å². The summed E-state index contributed by atoms with van der Waals surface area (Å²) in [5.41, 5.74) is 1.07. The molecule has 0 atom stereocenters. The van der Waals surface area contributed by atoms with Gasteiger partial charge in [-0.1, -0.05) is 11.6 Å². The van der Waals surface area contributed by atoms with Gasteiger partial charge in [-0.2, -0.15) is 5.10 Å².